The standard InChI is InChI=1S/C17H16BrN3O3/c18-14-2-1-3-15(9-14)20-16(22)12-8-13(11-19-10-12)17(23)21-4-6-24-7-5-21/h1-3,8-11H,4-7H2,(H,20,22). The Kier molecular flexibility index (Phi) is 5.22. The molecule has 7 heteroatoms. The van der Waals surface area contributed by atoms with Gasteiger partial charge in [0, 0.05) is 35.6 Å². The summed E-state index contributed by atoms with van der Waals surface area (Å²) in [6.07, 6.45) is 2.93. The predicted molar refractivity (Wildman–Crippen MR) is 93.1 cm³/mol. The zero-order chi connectivity index (χ0) is 16.9. The second kappa shape index (κ2) is 7.55. The van der Waals surface area contributed by atoms with Gasteiger partial charge in [-0.15, -0.1) is 0 Å². The lowest BCUT2D eigenvalue weighted by Crippen LogP contribution is -2.40. The molecule has 1 aliphatic rings. The first-order chi connectivity index (χ1) is 11.6. The molecule has 1 N–H and O–H groups in total. The van der Waals surface area contributed by atoms with Crippen molar-refractivity contribution in [3.63, 3.8) is 0 Å². The van der Waals surface area contributed by atoms with Crippen LogP contribution in [0, 0.1) is 0 Å². The van der Waals surface area contributed by atoms with Crippen LogP contribution in [-0.2, 0) is 4.74 Å². The van der Waals surface area contributed by atoms with Crippen molar-refractivity contribution in [3.8, 4) is 0 Å². The van der Waals surface area contributed by atoms with Gasteiger partial charge in [0.05, 0.1) is 24.3 Å². The van der Waals surface area contributed by atoms with Crippen LogP contribution in [-0.4, -0.2) is 48.0 Å². The van der Waals surface area contributed by atoms with Crippen molar-refractivity contribution in [2.45, 2.75) is 0 Å². The number of nitrogens with zero attached hydrogens (tertiary/aromatic N) is 2. The molecule has 2 amide bonds. The molecule has 0 spiro atoms. The number of carbonyl (C=O) groups is 2. The molecule has 6 nitrogen and oxygen atoms in total. The van der Waals surface area contributed by atoms with Crippen molar-refractivity contribution in [2.75, 3.05) is 31.6 Å². The van der Waals surface area contributed by atoms with Gasteiger partial charge >= 0.3 is 0 Å². The summed E-state index contributed by atoms with van der Waals surface area (Å²) in [5.74, 6) is -0.444. The number of halogens is 1. The Morgan fingerprint density at radius 2 is 1.88 bits per heavy atom. The smallest absolute Gasteiger partial charge is 0.257 e. The number of benzene rings is 1. The van der Waals surface area contributed by atoms with E-state index < -0.39 is 0 Å². The summed E-state index contributed by atoms with van der Waals surface area (Å²) in [7, 11) is 0. The van der Waals surface area contributed by atoms with Crippen molar-refractivity contribution in [1.82, 2.24) is 9.88 Å². The number of anilines is 1. The van der Waals surface area contributed by atoms with Crippen LogP contribution in [0.1, 0.15) is 20.7 Å². The van der Waals surface area contributed by atoms with Crippen LogP contribution in [0.3, 0.4) is 0 Å². The largest absolute Gasteiger partial charge is 0.378 e. The molecule has 2 heterocycles. The fourth-order valence-electron chi connectivity index (χ4n) is 2.40. The van der Waals surface area contributed by atoms with Crippen LogP contribution in [0.5, 0.6) is 0 Å². The molecule has 124 valence electrons. The van der Waals surface area contributed by atoms with Crippen molar-refractivity contribution < 1.29 is 14.3 Å². The van der Waals surface area contributed by atoms with Gasteiger partial charge in [0.25, 0.3) is 11.8 Å². The van der Waals surface area contributed by atoms with E-state index in [1.54, 1.807) is 23.1 Å². The van der Waals surface area contributed by atoms with E-state index in [1.165, 1.54) is 12.4 Å². The Morgan fingerprint density at radius 3 is 2.62 bits per heavy atom. The SMILES string of the molecule is O=C(Nc1cccc(Br)c1)c1cncc(C(=O)N2CCOCC2)c1. The highest BCUT2D eigenvalue weighted by atomic mass is 79.9. The number of ether oxygens (including phenoxy) is 1. The Hall–Kier alpha value is -2.25. The average molecular weight is 390 g/mol. The molecule has 1 fully saturated rings. The minimum absolute atomic E-state index is 0.136. The number of hydrogen-bond acceptors (Lipinski definition) is 4. The van der Waals surface area contributed by atoms with E-state index in [0.717, 1.165) is 4.47 Å². The number of rotatable bonds is 3. The molecule has 0 aliphatic carbocycles. The fourth-order valence-corrected chi connectivity index (χ4v) is 2.80. The number of pyridine rings is 1. The maximum absolute atomic E-state index is 12.5. The normalized spacial score (nSPS) is 14.3. The highest BCUT2D eigenvalue weighted by molar-refractivity contribution is 9.10. The summed E-state index contributed by atoms with van der Waals surface area (Å²) >= 11 is 3.36. The Morgan fingerprint density at radius 1 is 1.12 bits per heavy atom. The average Bonchev–Trinajstić information content (AvgIpc) is 2.62. The minimum Gasteiger partial charge on any atom is -0.378 e. The first kappa shape index (κ1) is 16.6. The Bertz CT molecular complexity index is 760. The van der Waals surface area contributed by atoms with Crippen LogP contribution in [0.25, 0.3) is 0 Å². The van der Waals surface area contributed by atoms with E-state index in [9.17, 15) is 9.59 Å². The fraction of sp³-hybridized carbons (Fsp3) is 0.235. The Labute approximate surface area is 148 Å². The van der Waals surface area contributed by atoms with Gasteiger partial charge in [-0.05, 0) is 24.3 Å². The van der Waals surface area contributed by atoms with Crippen LogP contribution < -0.4 is 5.32 Å². The van der Waals surface area contributed by atoms with Crippen molar-refractivity contribution in [2.24, 2.45) is 0 Å². The molecule has 3 rings (SSSR count). The molecule has 0 unspecified atom stereocenters. The summed E-state index contributed by atoms with van der Waals surface area (Å²) in [5.41, 5.74) is 1.41. The van der Waals surface area contributed by atoms with Crippen LogP contribution in [0.15, 0.2) is 47.2 Å². The van der Waals surface area contributed by atoms with Crippen molar-refractivity contribution >= 4 is 33.4 Å². The molecular formula is C17H16BrN3O3. The molecular weight excluding hydrogens is 374 g/mol. The molecule has 1 saturated heterocycles. The van der Waals surface area contributed by atoms with E-state index in [4.69, 9.17) is 4.74 Å². The monoisotopic (exact) mass is 389 g/mol. The van der Waals surface area contributed by atoms with E-state index >= 15 is 0 Å². The number of aromatic nitrogens is 1. The van der Waals surface area contributed by atoms with Gasteiger partial charge < -0.3 is 15.0 Å². The topological polar surface area (TPSA) is 71.5 Å². The van der Waals surface area contributed by atoms with Crippen LogP contribution in [0.2, 0.25) is 0 Å². The van der Waals surface area contributed by atoms with Gasteiger partial charge in [-0.3, -0.25) is 14.6 Å². The third kappa shape index (κ3) is 3.98. The molecule has 0 saturated carbocycles. The molecule has 2 aromatic rings. The number of carbonyl (C=O) groups excluding carboxylic acids is 2. The van der Waals surface area contributed by atoms with Crippen LogP contribution >= 0.6 is 15.9 Å². The Balaban J connectivity index is 1.74. The van der Waals surface area contributed by atoms with Gasteiger partial charge in [0.15, 0.2) is 0 Å². The summed E-state index contributed by atoms with van der Waals surface area (Å²) in [5, 5.41) is 2.79. The highest BCUT2D eigenvalue weighted by Gasteiger charge is 2.20. The maximum atomic E-state index is 12.5. The lowest BCUT2D eigenvalue weighted by molar-refractivity contribution is 0.0302. The third-order valence-electron chi connectivity index (χ3n) is 3.63. The van der Waals surface area contributed by atoms with Gasteiger partial charge in [-0.2, -0.15) is 0 Å². The predicted octanol–water partition coefficient (Wildman–Crippen LogP) is 2.57. The lowest BCUT2D eigenvalue weighted by Gasteiger charge is -2.26. The number of nitrogens with one attached hydrogen (secondary N) is 1. The highest BCUT2D eigenvalue weighted by Crippen LogP contribution is 2.17. The second-order valence-electron chi connectivity index (χ2n) is 5.33. The quantitative estimate of drug-likeness (QED) is 0.875. The summed E-state index contributed by atoms with van der Waals surface area (Å²) in [4.78, 5) is 30.6. The summed E-state index contributed by atoms with van der Waals surface area (Å²) in [6, 6.07) is 8.86. The zero-order valence-corrected chi connectivity index (χ0v) is 14.5. The second-order valence-corrected chi connectivity index (χ2v) is 6.25. The first-order valence-electron chi connectivity index (χ1n) is 7.52. The number of hydrogen-bond donors (Lipinski definition) is 1. The number of morpholine rings is 1. The van der Waals surface area contributed by atoms with Gasteiger partial charge in [0.1, 0.15) is 0 Å². The molecule has 0 bridgehead atoms. The lowest BCUT2D eigenvalue weighted by atomic mass is 10.1. The first-order valence-corrected chi connectivity index (χ1v) is 8.32. The third-order valence-corrected chi connectivity index (χ3v) is 4.12. The van der Waals surface area contributed by atoms with E-state index in [-0.39, 0.29) is 11.8 Å². The van der Waals surface area contributed by atoms with E-state index in [1.807, 2.05) is 12.1 Å². The molecule has 1 aromatic carbocycles. The van der Waals surface area contributed by atoms with Crippen LogP contribution in [0.4, 0.5) is 5.69 Å². The van der Waals surface area contributed by atoms with Gasteiger partial charge in [0.2, 0.25) is 0 Å². The number of amides is 2. The summed E-state index contributed by atoms with van der Waals surface area (Å²) < 4.78 is 6.12. The molecule has 1 aromatic heterocycles. The van der Waals surface area contributed by atoms with Gasteiger partial charge in [-0.1, -0.05) is 22.0 Å². The van der Waals surface area contributed by atoms with Crippen molar-refractivity contribution in [3.05, 3.63) is 58.3 Å². The van der Waals surface area contributed by atoms with E-state index in [2.05, 4.69) is 26.2 Å². The summed E-state index contributed by atoms with van der Waals surface area (Å²) in [6.45, 7) is 2.16. The van der Waals surface area contributed by atoms with E-state index in [0.29, 0.717) is 43.1 Å². The zero-order valence-electron chi connectivity index (χ0n) is 12.9. The molecule has 24 heavy (non-hydrogen) atoms. The van der Waals surface area contributed by atoms with Gasteiger partial charge in [-0.25, -0.2) is 0 Å². The minimum atomic E-state index is -0.308. The molecule has 0 radical (unpaired) electrons. The maximum Gasteiger partial charge on any atom is 0.257 e. The molecule has 1 aliphatic heterocycles. The van der Waals surface area contributed by atoms with Crippen molar-refractivity contribution in [1.29, 1.82) is 0 Å². The molecule has 0 atom stereocenters.